The topological polar surface area (TPSA) is 99.7 Å². The number of carbonyl (C=O) groups excluding carboxylic acids is 1. The summed E-state index contributed by atoms with van der Waals surface area (Å²) < 4.78 is 0. The minimum Gasteiger partial charge on any atom is -0.364 e. The number of amides is 1. The van der Waals surface area contributed by atoms with Crippen molar-refractivity contribution >= 4 is 11.7 Å². The fourth-order valence-corrected chi connectivity index (χ4v) is 1.23. The predicted molar refractivity (Wildman–Crippen MR) is 59.1 cm³/mol. The average Bonchev–Trinajstić information content (AvgIpc) is 2.61. The van der Waals surface area contributed by atoms with E-state index in [4.69, 9.17) is 5.73 Å². The zero-order chi connectivity index (χ0) is 12.1. The molecule has 0 atom stereocenters. The van der Waals surface area contributed by atoms with Crippen LogP contribution in [0.4, 0.5) is 5.82 Å². The number of hydrogen-bond acceptors (Lipinski definition) is 4. The van der Waals surface area contributed by atoms with Crippen molar-refractivity contribution in [3.05, 3.63) is 12.0 Å². The SMILES string of the molecule is CC(C)CN(C)N=Nc1nc[nH]c1C(N)=O. The lowest BCUT2D eigenvalue weighted by Crippen LogP contribution is -2.16. The van der Waals surface area contributed by atoms with Crippen molar-refractivity contribution < 1.29 is 4.79 Å². The normalized spacial score (nSPS) is 11.2. The molecule has 0 spiro atoms. The first-order valence-electron chi connectivity index (χ1n) is 4.96. The van der Waals surface area contributed by atoms with Crippen LogP contribution in [0, 0.1) is 5.92 Å². The Morgan fingerprint density at radius 1 is 1.69 bits per heavy atom. The lowest BCUT2D eigenvalue weighted by atomic mass is 10.2. The van der Waals surface area contributed by atoms with Gasteiger partial charge < -0.3 is 10.7 Å². The summed E-state index contributed by atoms with van der Waals surface area (Å²) in [6.07, 6.45) is 1.36. The van der Waals surface area contributed by atoms with E-state index >= 15 is 0 Å². The predicted octanol–water partition coefficient (Wildman–Crippen LogP) is 1.10. The molecule has 16 heavy (non-hydrogen) atoms. The number of nitrogens with zero attached hydrogens (tertiary/aromatic N) is 4. The Bertz CT molecular complexity index is 383. The number of imidazole rings is 1. The Kier molecular flexibility index (Phi) is 3.98. The molecule has 0 saturated heterocycles. The summed E-state index contributed by atoms with van der Waals surface area (Å²) >= 11 is 0. The Morgan fingerprint density at radius 2 is 2.38 bits per heavy atom. The van der Waals surface area contributed by atoms with E-state index in [1.807, 2.05) is 0 Å². The van der Waals surface area contributed by atoms with Crippen LogP contribution in [0.15, 0.2) is 16.7 Å². The van der Waals surface area contributed by atoms with Crippen LogP contribution in [-0.2, 0) is 0 Å². The quantitative estimate of drug-likeness (QED) is 0.578. The molecule has 7 nitrogen and oxygen atoms in total. The van der Waals surface area contributed by atoms with Gasteiger partial charge in [0.25, 0.3) is 5.91 Å². The third-order valence-electron chi connectivity index (χ3n) is 1.79. The minimum atomic E-state index is -0.599. The maximum Gasteiger partial charge on any atom is 0.269 e. The van der Waals surface area contributed by atoms with Gasteiger partial charge in [0.15, 0.2) is 5.69 Å². The van der Waals surface area contributed by atoms with E-state index in [0.29, 0.717) is 5.92 Å². The number of carbonyl (C=O) groups is 1. The Balaban J connectivity index is 2.69. The molecule has 1 heterocycles. The second kappa shape index (κ2) is 5.24. The molecule has 0 radical (unpaired) electrons. The summed E-state index contributed by atoms with van der Waals surface area (Å²) in [6, 6.07) is 0. The molecule has 3 N–H and O–H groups in total. The highest BCUT2D eigenvalue weighted by molar-refractivity contribution is 5.94. The van der Waals surface area contributed by atoms with Crippen LogP contribution in [0.5, 0.6) is 0 Å². The number of aromatic amines is 1. The van der Waals surface area contributed by atoms with Gasteiger partial charge in [0.2, 0.25) is 5.82 Å². The summed E-state index contributed by atoms with van der Waals surface area (Å²) in [5.41, 5.74) is 5.29. The summed E-state index contributed by atoms with van der Waals surface area (Å²) in [4.78, 5) is 17.4. The van der Waals surface area contributed by atoms with Crippen molar-refractivity contribution in [3.63, 3.8) is 0 Å². The van der Waals surface area contributed by atoms with Crippen LogP contribution in [0.25, 0.3) is 0 Å². The van der Waals surface area contributed by atoms with E-state index in [1.54, 1.807) is 12.1 Å². The molecule has 0 aromatic carbocycles. The molecule has 88 valence electrons. The number of rotatable bonds is 5. The van der Waals surface area contributed by atoms with Crippen molar-refractivity contribution in [1.82, 2.24) is 15.0 Å². The monoisotopic (exact) mass is 224 g/mol. The van der Waals surface area contributed by atoms with Gasteiger partial charge in [0, 0.05) is 13.6 Å². The van der Waals surface area contributed by atoms with Crippen molar-refractivity contribution in [1.29, 1.82) is 0 Å². The van der Waals surface area contributed by atoms with Gasteiger partial charge in [0.05, 0.1) is 6.33 Å². The third kappa shape index (κ3) is 3.34. The highest BCUT2D eigenvalue weighted by Crippen LogP contribution is 2.13. The highest BCUT2D eigenvalue weighted by Gasteiger charge is 2.10. The molecule has 7 heteroatoms. The van der Waals surface area contributed by atoms with Crippen LogP contribution >= 0.6 is 0 Å². The Morgan fingerprint density at radius 3 is 2.94 bits per heavy atom. The van der Waals surface area contributed by atoms with E-state index in [0.717, 1.165) is 6.54 Å². The van der Waals surface area contributed by atoms with E-state index in [1.165, 1.54) is 6.33 Å². The van der Waals surface area contributed by atoms with Gasteiger partial charge in [-0.3, -0.25) is 9.80 Å². The molecule has 1 amide bonds. The lowest BCUT2D eigenvalue weighted by Gasteiger charge is -2.12. The van der Waals surface area contributed by atoms with Crippen molar-refractivity contribution in [3.8, 4) is 0 Å². The zero-order valence-corrected chi connectivity index (χ0v) is 9.64. The summed E-state index contributed by atoms with van der Waals surface area (Å²) in [5, 5.41) is 9.45. The molecule has 0 aliphatic rings. The van der Waals surface area contributed by atoms with Crippen LogP contribution in [-0.4, -0.2) is 34.5 Å². The van der Waals surface area contributed by atoms with Crippen molar-refractivity contribution in [2.75, 3.05) is 13.6 Å². The van der Waals surface area contributed by atoms with Crippen LogP contribution < -0.4 is 5.73 Å². The Labute approximate surface area is 93.7 Å². The number of primary amides is 1. The summed E-state index contributed by atoms with van der Waals surface area (Å²) in [5.74, 6) is 0.0970. The number of H-pyrrole nitrogens is 1. The largest absolute Gasteiger partial charge is 0.364 e. The molecular weight excluding hydrogens is 208 g/mol. The third-order valence-corrected chi connectivity index (χ3v) is 1.79. The molecule has 0 aliphatic carbocycles. The van der Waals surface area contributed by atoms with Crippen LogP contribution in [0.3, 0.4) is 0 Å². The molecule has 0 fully saturated rings. The van der Waals surface area contributed by atoms with Gasteiger partial charge >= 0.3 is 0 Å². The zero-order valence-electron chi connectivity index (χ0n) is 9.64. The van der Waals surface area contributed by atoms with Crippen molar-refractivity contribution in [2.45, 2.75) is 13.8 Å². The fourth-order valence-electron chi connectivity index (χ4n) is 1.23. The lowest BCUT2D eigenvalue weighted by molar-refractivity contribution is 0.0996. The molecule has 0 unspecified atom stereocenters. The van der Waals surface area contributed by atoms with E-state index in [2.05, 4.69) is 34.2 Å². The van der Waals surface area contributed by atoms with Gasteiger partial charge in [-0.15, -0.1) is 5.11 Å². The summed E-state index contributed by atoms with van der Waals surface area (Å²) in [6.45, 7) is 4.94. The van der Waals surface area contributed by atoms with Gasteiger partial charge in [0.1, 0.15) is 0 Å². The molecule has 0 saturated carbocycles. The standard InChI is InChI=1S/C9H16N6O/c1-6(2)4-15(3)14-13-9-7(8(10)16)11-5-12-9/h5-6H,4H2,1-3H3,(H2,10,16)(H,11,12). The second-order valence-corrected chi connectivity index (χ2v) is 3.89. The molecule has 1 aromatic heterocycles. The van der Waals surface area contributed by atoms with Crippen LogP contribution in [0.2, 0.25) is 0 Å². The van der Waals surface area contributed by atoms with Gasteiger partial charge in [-0.1, -0.05) is 19.1 Å². The molecule has 1 rings (SSSR count). The smallest absolute Gasteiger partial charge is 0.269 e. The maximum atomic E-state index is 10.9. The van der Waals surface area contributed by atoms with E-state index in [9.17, 15) is 4.79 Å². The fraction of sp³-hybridized carbons (Fsp3) is 0.556. The number of aromatic nitrogens is 2. The van der Waals surface area contributed by atoms with Crippen molar-refractivity contribution in [2.24, 2.45) is 22.0 Å². The molecule has 0 bridgehead atoms. The first kappa shape index (κ1) is 12.2. The maximum absolute atomic E-state index is 10.9. The van der Waals surface area contributed by atoms with Gasteiger partial charge in [-0.05, 0) is 5.92 Å². The molecular formula is C9H16N6O. The van der Waals surface area contributed by atoms with E-state index in [-0.39, 0.29) is 11.5 Å². The minimum absolute atomic E-state index is 0.168. The molecule has 0 aliphatic heterocycles. The average molecular weight is 224 g/mol. The Hall–Kier alpha value is -1.92. The number of nitrogens with two attached hydrogens (primary N) is 1. The van der Waals surface area contributed by atoms with E-state index < -0.39 is 5.91 Å². The first-order valence-corrected chi connectivity index (χ1v) is 4.96. The van der Waals surface area contributed by atoms with Crippen LogP contribution in [0.1, 0.15) is 24.3 Å². The first-order chi connectivity index (χ1) is 7.50. The highest BCUT2D eigenvalue weighted by atomic mass is 16.1. The van der Waals surface area contributed by atoms with Gasteiger partial charge in [-0.25, -0.2) is 4.98 Å². The number of hydrogen-bond donors (Lipinski definition) is 2. The van der Waals surface area contributed by atoms with Gasteiger partial charge in [-0.2, -0.15) is 0 Å². The molecule has 1 aromatic rings. The number of nitrogens with one attached hydrogen (secondary N) is 1. The summed E-state index contributed by atoms with van der Waals surface area (Å²) in [7, 11) is 1.81. The second-order valence-electron chi connectivity index (χ2n) is 3.89.